The van der Waals surface area contributed by atoms with Gasteiger partial charge in [-0.2, -0.15) is 0 Å². The number of nitrogens with one attached hydrogen (secondary N) is 1. The van der Waals surface area contributed by atoms with Crippen molar-refractivity contribution in [1.29, 1.82) is 0 Å². The quantitative estimate of drug-likeness (QED) is 0.638. The number of aliphatic carboxylic acids is 1. The van der Waals surface area contributed by atoms with Gasteiger partial charge in [-0.05, 0) is 25.2 Å². The lowest BCUT2D eigenvalue weighted by Gasteiger charge is -2.42. The Labute approximate surface area is 95.4 Å². The van der Waals surface area contributed by atoms with Crippen LogP contribution in [0.3, 0.4) is 0 Å². The van der Waals surface area contributed by atoms with E-state index in [0.717, 1.165) is 19.3 Å². The van der Waals surface area contributed by atoms with Crippen molar-refractivity contribution in [3.8, 4) is 0 Å². The third kappa shape index (κ3) is 2.95. The lowest BCUT2D eigenvalue weighted by Crippen LogP contribution is -2.59. The molecule has 5 heteroatoms. The molecule has 0 spiro atoms. The molecule has 0 aliphatic heterocycles. The van der Waals surface area contributed by atoms with Gasteiger partial charge in [-0.15, -0.1) is 0 Å². The molecule has 1 amide bonds. The van der Waals surface area contributed by atoms with E-state index >= 15 is 0 Å². The first kappa shape index (κ1) is 13.0. The Balaban J connectivity index is 2.56. The zero-order chi connectivity index (χ0) is 12.3. The number of amides is 1. The van der Waals surface area contributed by atoms with Crippen LogP contribution in [0.1, 0.15) is 39.5 Å². The van der Waals surface area contributed by atoms with Gasteiger partial charge in [-0.3, -0.25) is 9.59 Å². The summed E-state index contributed by atoms with van der Waals surface area (Å²) in [5.74, 6) is -1.06. The summed E-state index contributed by atoms with van der Waals surface area (Å²) in [5.41, 5.74) is 5.17. The molecule has 0 bridgehead atoms. The highest BCUT2D eigenvalue weighted by Gasteiger charge is 2.41. The molecule has 0 saturated heterocycles. The zero-order valence-corrected chi connectivity index (χ0v) is 9.82. The maximum atomic E-state index is 11.7. The normalized spacial score (nSPS) is 20.0. The van der Waals surface area contributed by atoms with Crippen molar-refractivity contribution in [2.75, 3.05) is 0 Å². The molecular weight excluding hydrogens is 208 g/mol. The van der Waals surface area contributed by atoms with Gasteiger partial charge in [-0.1, -0.05) is 13.8 Å². The van der Waals surface area contributed by atoms with E-state index in [1.165, 1.54) is 0 Å². The predicted octanol–water partition coefficient (Wildman–Crippen LogP) is 0.483. The molecule has 0 aromatic rings. The Bertz CT molecular complexity index is 285. The van der Waals surface area contributed by atoms with Crippen LogP contribution in [0.25, 0.3) is 0 Å². The van der Waals surface area contributed by atoms with Gasteiger partial charge in [-0.25, -0.2) is 0 Å². The summed E-state index contributed by atoms with van der Waals surface area (Å²) in [6.45, 7) is 3.74. The van der Waals surface area contributed by atoms with Gasteiger partial charge < -0.3 is 16.2 Å². The number of hydrogen-bond donors (Lipinski definition) is 3. The lowest BCUT2D eigenvalue weighted by atomic mass is 9.74. The van der Waals surface area contributed by atoms with Crippen LogP contribution in [0.5, 0.6) is 0 Å². The zero-order valence-electron chi connectivity index (χ0n) is 9.82. The number of rotatable bonds is 5. The van der Waals surface area contributed by atoms with Gasteiger partial charge in [0.25, 0.3) is 0 Å². The monoisotopic (exact) mass is 228 g/mol. The van der Waals surface area contributed by atoms with Crippen molar-refractivity contribution in [3.63, 3.8) is 0 Å². The van der Waals surface area contributed by atoms with Crippen LogP contribution >= 0.6 is 0 Å². The number of carbonyl (C=O) groups excluding carboxylic acids is 1. The summed E-state index contributed by atoms with van der Waals surface area (Å²) in [4.78, 5) is 22.5. The van der Waals surface area contributed by atoms with E-state index in [0.29, 0.717) is 0 Å². The highest BCUT2D eigenvalue weighted by atomic mass is 16.4. The van der Waals surface area contributed by atoms with Crippen LogP contribution in [0.4, 0.5) is 0 Å². The van der Waals surface area contributed by atoms with E-state index in [9.17, 15) is 9.59 Å². The molecular formula is C11H20N2O3. The van der Waals surface area contributed by atoms with Crippen LogP contribution in [0.15, 0.2) is 0 Å². The Morgan fingerprint density at radius 2 is 2.00 bits per heavy atom. The van der Waals surface area contributed by atoms with Crippen molar-refractivity contribution in [1.82, 2.24) is 5.32 Å². The molecule has 0 unspecified atom stereocenters. The van der Waals surface area contributed by atoms with E-state index in [1.807, 2.05) is 13.8 Å². The number of carboxylic acid groups (broad SMARTS) is 1. The van der Waals surface area contributed by atoms with Crippen LogP contribution in [-0.2, 0) is 9.59 Å². The summed E-state index contributed by atoms with van der Waals surface area (Å²) in [7, 11) is 0. The molecule has 0 aromatic carbocycles. The minimum atomic E-state index is -0.877. The number of carboxylic acids is 1. The van der Waals surface area contributed by atoms with Crippen molar-refractivity contribution in [3.05, 3.63) is 0 Å². The molecule has 16 heavy (non-hydrogen) atoms. The lowest BCUT2D eigenvalue weighted by molar-refractivity contribution is -0.140. The smallest absolute Gasteiger partial charge is 0.305 e. The standard InChI is InChI=1S/C11H20N2O3/c1-7(2)9(12)10(16)13-11(4-3-5-11)6-8(14)15/h7,9H,3-6,12H2,1-2H3,(H,13,16)(H,14,15)/t9-/m0/s1. The summed E-state index contributed by atoms with van der Waals surface area (Å²) in [6, 6.07) is -0.564. The first-order valence-electron chi connectivity index (χ1n) is 5.66. The number of carbonyl (C=O) groups is 2. The van der Waals surface area contributed by atoms with E-state index in [4.69, 9.17) is 10.8 Å². The maximum absolute atomic E-state index is 11.7. The van der Waals surface area contributed by atoms with E-state index < -0.39 is 17.6 Å². The minimum Gasteiger partial charge on any atom is -0.481 e. The van der Waals surface area contributed by atoms with Crippen LogP contribution in [0.2, 0.25) is 0 Å². The van der Waals surface area contributed by atoms with Gasteiger partial charge >= 0.3 is 5.97 Å². The van der Waals surface area contributed by atoms with Gasteiger partial charge in [0.15, 0.2) is 0 Å². The summed E-state index contributed by atoms with van der Waals surface area (Å²) >= 11 is 0. The summed E-state index contributed by atoms with van der Waals surface area (Å²) in [5, 5.41) is 11.6. The molecule has 1 saturated carbocycles. The van der Waals surface area contributed by atoms with Gasteiger partial charge in [0.05, 0.1) is 18.0 Å². The van der Waals surface area contributed by atoms with Crippen molar-refractivity contribution < 1.29 is 14.7 Å². The average molecular weight is 228 g/mol. The summed E-state index contributed by atoms with van der Waals surface area (Å²) in [6.07, 6.45) is 2.42. The fraction of sp³-hybridized carbons (Fsp3) is 0.818. The minimum absolute atomic E-state index is 0.0104. The highest BCUT2D eigenvalue weighted by molar-refractivity contribution is 5.83. The van der Waals surface area contributed by atoms with E-state index in [1.54, 1.807) is 0 Å². The molecule has 1 aliphatic carbocycles. The van der Waals surface area contributed by atoms with Gasteiger partial charge in [0.2, 0.25) is 5.91 Å². The molecule has 5 nitrogen and oxygen atoms in total. The molecule has 1 rings (SSSR count). The fourth-order valence-corrected chi connectivity index (χ4v) is 1.89. The average Bonchev–Trinajstić information content (AvgIpc) is 2.11. The predicted molar refractivity (Wildman–Crippen MR) is 59.8 cm³/mol. The topological polar surface area (TPSA) is 92.4 Å². The third-order valence-corrected chi connectivity index (χ3v) is 3.21. The molecule has 1 fully saturated rings. The van der Waals surface area contributed by atoms with Crippen LogP contribution in [-0.4, -0.2) is 28.6 Å². The molecule has 1 atom stereocenters. The highest BCUT2D eigenvalue weighted by Crippen LogP contribution is 2.35. The number of nitrogens with two attached hydrogens (primary N) is 1. The van der Waals surface area contributed by atoms with Crippen molar-refractivity contribution >= 4 is 11.9 Å². The van der Waals surface area contributed by atoms with Gasteiger partial charge in [0, 0.05) is 0 Å². The second-order valence-electron chi connectivity index (χ2n) is 4.96. The molecule has 1 aliphatic rings. The second kappa shape index (κ2) is 4.82. The first-order chi connectivity index (χ1) is 7.36. The first-order valence-corrected chi connectivity index (χ1v) is 5.66. The Kier molecular flexibility index (Phi) is 3.91. The Morgan fingerprint density at radius 1 is 1.44 bits per heavy atom. The molecule has 0 radical (unpaired) electrons. The van der Waals surface area contributed by atoms with E-state index in [-0.39, 0.29) is 18.2 Å². The Hall–Kier alpha value is -1.10. The van der Waals surface area contributed by atoms with Crippen molar-refractivity contribution in [2.45, 2.75) is 51.1 Å². The Morgan fingerprint density at radius 3 is 2.31 bits per heavy atom. The fourth-order valence-electron chi connectivity index (χ4n) is 1.89. The summed E-state index contributed by atoms with van der Waals surface area (Å²) < 4.78 is 0. The maximum Gasteiger partial charge on any atom is 0.305 e. The third-order valence-electron chi connectivity index (χ3n) is 3.21. The van der Waals surface area contributed by atoms with E-state index in [2.05, 4.69) is 5.32 Å². The second-order valence-corrected chi connectivity index (χ2v) is 4.96. The van der Waals surface area contributed by atoms with Gasteiger partial charge in [0.1, 0.15) is 0 Å². The molecule has 92 valence electrons. The molecule has 4 N–H and O–H groups in total. The van der Waals surface area contributed by atoms with Crippen LogP contribution < -0.4 is 11.1 Å². The largest absolute Gasteiger partial charge is 0.481 e. The number of hydrogen-bond acceptors (Lipinski definition) is 3. The SMILES string of the molecule is CC(C)[C@H](N)C(=O)NC1(CC(=O)O)CCC1. The molecule has 0 heterocycles. The molecule has 0 aromatic heterocycles. The van der Waals surface area contributed by atoms with Crippen LogP contribution in [0, 0.1) is 5.92 Å². The van der Waals surface area contributed by atoms with Crippen molar-refractivity contribution in [2.24, 2.45) is 11.7 Å².